The maximum atomic E-state index is 5.30. The Morgan fingerprint density at radius 2 is 2.29 bits per heavy atom. The average molecular weight is 233 g/mol. The van der Waals surface area contributed by atoms with Crippen LogP contribution in [0.25, 0.3) is 11.6 Å². The van der Waals surface area contributed by atoms with E-state index in [4.69, 9.17) is 8.94 Å². The van der Waals surface area contributed by atoms with Crippen molar-refractivity contribution in [3.63, 3.8) is 0 Å². The maximum Gasteiger partial charge on any atom is 0.244 e. The van der Waals surface area contributed by atoms with Crippen LogP contribution in [0.3, 0.4) is 0 Å². The summed E-state index contributed by atoms with van der Waals surface area (Å²) in [6.45, 7) is 1.02. The van der Waals surface area contributed by atoms with E-state index >= 15 is 0 Å². The second-order valence-corrected chi connectivity index (χ2v) is 4.29. The van der Waals surface area contributed by atoms with Crippen molar-refractivity contribution in [2.24, 2.45) is 0 Å². The van der Waals surface area contributed by atoms with Crippen molar-refractivity contribution in [2.75, 3.05) is 6.54 Å². The molecule has 0 bridgehead atoms. The average Bonchev–Trinajstić information content (AvgIpc) is 2.95. The number of aromatic nitrogens is 2. The third kappa shape index (κ3) is 2.24. The third-order valence-corrected chi connectivity index (χ3v) is 3.04. The van der Waals surface area contributed by atoms with Crippen LogP contribution in [0.15, 0.2) is 27.3 Å². The lowest BCUT2D eigenvalue weighted by Crippen LogP contribution is -2.20. The standard InChI is InChI=1S/C12H15N3O2/c1-2-5-9(13-7-3-1)12-14-11(15-17-12)10-6-4-8-16-10/h4,6,8-9,13H,1-3,5,7H2. The first-order valence-electron chi connectivity index (χ1n) is 6.04. The fourth-order valence-corrected chi connectivity index (χ4v) is 2.12. The van der Waals surface area contributed by atoms with Crippen molar-refractivity contribution in [2.45, 2.75) is 31.7 Å². The van der Waals surface area contributed by atoms with Crippen LogP contribution < -0.4 is 5.32 Å². The predicted molar refractivity (Wildman–Crippen MR) is 61.2 cm³/mol. The Morgan fingerprint density at radius 1 is 1.29 bits per heavy atom. The molecule has 0 aromatic carbocycles. The van der Waals surface area contributed by atoms with Crippen molar-refractivity contribution in [1.29, 1.82) is 0 Å². The molecule has 5 nitrogen and oxygen atoms in total. The summed E-state index contributed by atoms with van der Waals surface area (Å²) in [6.07, 6.45) is 6.35. The topological polar surface area (TPSA) is 64.1 Å². The lowest BCUT2D eigenvalue weighted by atomic mass is 10.1. The van der Waals surface area contributed by atoms with E-state index in [1.807, 2.05) is 12.1 Å². The van der Waals surface area contributed by atoms with Crippen LogP contribution in [0.1, 0.15) is 37.6 Å². The van der Waals surface area contributed by atoms with E-state index in [1.165, 1.54) is 19.3 Å². The minimum absolute atomic E-state index is 0.189. The molecule has 3 rings (SSSR count). The minimum Gasteiger partial charge on any atom is -0.461 e. The fraction of sp³-hybridized carbons (Fsp3) is 0.500. The largest absolute Gasteiger partial charge is 0.461 e. The molecular weight excluding hydrogens is 218 g/mol. The predicted octanol–water partition coefficient (Wildman–Crippen LogP) is 2.53. The summed E-state index contributed by atoms with van der Waals surface area (Å²) in [5.41, 5.74) is 0. The SMILES string of the molecule is c1coc(-c2noc(C3CCCCCN3)n2)c1. The lowest BCUT2D eigenvalue weighted by molar-refractivity contribution is 0.327. The summed E-state index contributed by atoms with van der Waals surface area (Å²) < 4.78 is 10.5. The second kappa shape index (κ2) is 4.71. The van der Waals surface area contributed by atoms with Gasteiger partial charge in [-0.15, -0.1) is 0 Å². The Bertz CT molecular complexity index is 456. The number of hydrogen-bond acceptors (Lipinski definition) is 5. The van der Waals surface area contributed by atoms with Crippen LogP contribution in [-0.4, -0.2) is 16.7 Å². The Kier molecular flexibility index (Phi) is 2.92. The molecule has 2 aromatic rings. The van der Waals surface area contributed by atoms with Gasteiger partial charge in [-0.05, 0) is 31.5 Å². The summed E-state index contributed by atoms with van der Waals surface area (Å²) in [7, 11) is 0. The van der Waals surface area contributed by atoms with Gasteiger partial charge in [-0.2, -0.15) is 4.98 Å². The molecule has 0 aliphatic carbocycles. The molecule has 0 amide bonds. The van der Waals surface area contributed by atoms with E-state index in [9.17, 15) is 0 Å². The minimum atomic E-state index is 0.189. The molecule has 1 unspecified atom stereocenters. The van der Waals surface area contributed by atoms with Gasteiger partial charge in [-0.25, -0.2) is 0 Å². The summed E-state index contributed by atoms with van der Waals surface area (Å²) in [4.78, 5) is 4.38. The van der Waals surface area contributed by atoms with Crippen molar-refractivity contribution in [3.8, 4) is 11.6 Å². The number of rotatable bonds is 2. The first-order chi connectivity index (χ1) is 8.43. The van der Waals surface area contributed by atoms with E-state index in [0.29, 0.717) is 17.5 Å². The lowest BCUT2D eigenvalue weighted by Gasteiger charge is -2.09. The Balaban J connectivity index is 1.79. The summed E-state index contributed by atoms with van der Waals surface area (Å²) in [5.74, 6) is 1.84. The molecule has 0 spiro atoms. The monoisotopic (exact) mass is 233 g/mol. The summed E-state index contributed by atoms with van der Waals surface area (Å²) >= 11 is 0. The van der Waals surface area contributed by atoms with Gasteiger partial charge in [0.15, 0.2) is 5.76 Å². The summed E-state index contributed by atoms with van der Waals surface area (Å²) in [6, 6.07) is 3.83. The van der Waals surface area contributed by atoms with Gasteiger partial charge in [0.05, 0.1) is 12.3 Å². The van der Waals surface area contributed by atoms with E-state index in [0.717, 1.165) is 13.0 Å². The quantitative estimate of drug-likeness (QED) is 0.863. The van der Waals surface area contributed by atoms with Gasteiger partial charge >= 0.3 is 0 Å². The molecule has 1 fully saturated rings. The van der Waals surface area contributed by atoms with Gasteiger partial charge in [-0.3, -0.25) is 0 Å². The molecule has 1 atom stereocenters. The van der Waals surface area contributed by atoms with E-state index in [-0.39, 0.29) is 6.04 Å². The number of furan rings is 1. The highest BCUT2D eigenvalue weighted by Crippen LogP contribution is 2.24. The molecule has 1 saturated heterocycles. The fourth-order valence-electron chi connectivity index (χ4n) is 2.12. The first kappa shape index (κ1) is 10.5. The van der Waals surface area contributed by atoms with Crippen LogP contribution in [0.2, 0.25) is 0 Å². The molecule has 2 aromatic heterocycles. The van der Waals surface area contributed by atoms with Crippen LogP contribution in [-0.2, 0) is 0 Å². The van der Waals surface area contributed by atoms with Crippen molar-refractivity contribution in [1.82, 2.24) is 15.5 Å². The van der Waals surface area contributed by atoms with Gasteiger partial charge in [0, 0.05) is 0 Å². The molecule has 0 saturated carbocycles. The number of hydrogen-bond donors (Lipinski definition) is 1. The normalized spacial score (nSPS) is 21.3. The van der Waals surface area contributed by atoms with Crippen molar-refractivity contribution < 1.29 is 8.94 Å². The Morgan fingerprint density at radius 3 is 3.18 bits per heavy atom. The highest BCUT2D eigenvalue weighted by Gasteiger charge is 2.21. The molecule has 90 valence electrons. The molecule has 1 N–H and O–H groups in total. The van der Waals surface area contributed by atoms with Gasteiger partial charge in [0.1, 0.15) is 0 Å². The highest BCUT2D eigenvalue weighted by atomic mass is 16.5. The van der Waals surface area contributed by atoms with Crippen LogP contribution in [0.4, 0.5) is 0 Å². The van der Waals surface area contributed by atoms with Crippen LogP contribution >= 0.6 is 0 Å². The van der Waals surface area contributed by atoms with Crippen LogP contribution in [0.5, 0.6) is 0 Å². The summed E-state index contributed by atoms with van der Waals surface area (Å²) in [5, 5.41) is 7.37. The van der Waals surface area contributed by atoms with E-state index < -0.39 is 0 Å². The third-order valence-electron chi connectivity index (χ3n) is 3.04. The van der Waals surface area contributed by atoms with E-state index in [2.05, 4.69) is 15.5 Å². The van der Waals surface area contributed by atoms with Crippen molar-refractivity contribution >= 4 is 0 Å². The second-order valence-electron chi connectivity index (χ2n) is 4.29. The zero-order valence-corrected chi connectivity index (χ0v) is 9.56. The number of nitrogens with zero attached hydrogens (tertiary/aromatic N) is 2. The maximum absolute atomic E-state index is 5.30. The first-order valence-corrected chi connectivity index (χ1v) is 6.04. The van der Waals surface area contributed by atoms with Gasteiger partial charge in [-0.1, -0.05) is 18.0 Å². The van der Waals surface area contributed by atoms with Crippen molar-refractivity contribution in [3.05, 3.63) is 24.3 Å². The highest BCUT2D eigenvalue weighted by molar-refractivity contribution is 5.44. The smallest absolute Gasteiger partial charge is 0.244 e. The zero-order chi connectivity index (χ0) is 11.5. The molecule has 17 heavy (non-hydrogen) atoms. The molecular formula is C12H15N3O2. The molecule has 5 heteroatoms. The molecule has 0 radical (unpaired) electrons. The van der Waals surface area contributed by atoms with Gasteiger partial charge in [0.25, 0.3) is 0 Å². The molecule has 1 aliphatic heterocycles. The van der Waals surface area contributed by atoms with Gasteiger partial charge in [0.2, 0.25) is 11.7 Å². The molecule has 3 heterocycles. The molecule has 1 aliphatic rings. The van der Waals surface area contributed by atoms with Gasteiger partial charge < -0.3 is 14.3 Å². The van der Waals surface area contributed by atoms with E-state index in [1.54, 1.807) is 6.26 Å². The zero-order valence-electron chi connectivity index (χ0n) is 9.56. The Hall–Kier alpha value is -1.62. The van der Waals surface area contributed by atoms with Crippen LogP contribution in [0, 0.1) is 0 Å². The number of nitrogens with one attached hydrogen (secondary N) is 1. The Labute approximate surface area is 99.2 Å².